The summed E-state index contributed by atoms with van der Waals surface area (Å²) in [4.78, 5) is 13.9. The molecule has 0 unspecified atom stereocenters. The lowest BCUT2D eigenvalue weighted by Crippen LogP contribution is -2.43. The van der Waals surface area contributed by atoms with Gasteiger partial charge in [0.2, 0.25) is 5.91 Å². The molecule has 0 radical (unpaired) electrons. The van der Waals surface area contributed by atoms with E-state index in [2.05, 4.69) is 5.32 Å². The highest BCUT2D eigenvalue weighted by molar-refractivity contribution is 5.77. The van der Waals surface area contributed by atoms with Crippen molar-refractivity contribution in [1.82, 2.24) is 10.2 Å². The van der Waals surface area contributed by atoms with Crippen LogP contribution in [-0.4, -0.2) is 43.7 Å². The van der Waals surface area contributed by atoms with Crippen molar-refractivity contribution in [2.45, 2.75) is 12.6 Å². The summed E-state index contributed by atoms with van der Waals surface area (Å²) in [5, 5.41) is 2.83. The number of fused-ring (bicyclic) bond motifs is 1. The van der Waals surface area contributed by atoms with E-state index in [-0.39, 0.29) is 24.4 Å². The molecule has 1 N–H and O–H groups in total. The van der Waals surface area contributed by atoms with Gasteiger partial charge in [0.25, 0.3) is 0 Å². The predicted molar refractivity (Wildman–Crippen MR) is 92.1 cm³/mol. The van der Waals surface area contributed by atoms with E-state index in [0.717, 1.165) is 17.1 Å². The summed E-state index contributed by atoms with van der Waals surface area (Å²) in [6.45, 7) is 1.67. The second kappa shape index (κ2) is 7.98. The highest BCUT2D eigenvalue weighted by Crippen LogP contribution is 2.30. The van der Waals surface area contributed by atoms with Crippen LogP contribution in [0.4, 0.5) is 4.39 Å². The minimum absolute atomic E-state index is 0.0936. The van der Waals surface area contributed by atoms with Gasteiger partial charge in [0, 0.05) is 13.1 Å². The fourth-order valence-electron chi connectivity index (χ4n) is 2.67. The first kappa shape index (κ1) is 17.2. The Hall–Kier alpha value is -2.60. The molecule has 2 aromatic carbocycles. The number of hydrogen-bond acceptors (Lipinski definition) is 4. The maximum absolute atomic E-state index is 12.9. The van der Waals surface area contributed by atoms with Crippen molar-refractivity contribution >= 4 is 5.91 Å². The lowest BCUT2D eigenvalue weighted by Gasteiger charge is -2.29. The summed E-state index contributed by atoms with van der Waals surface area (Å²) in [6.07, 6.45) is -0.121. The Kier molecular flexibility index (Phi) is 5.50. The van der Waals surface area contributed by atoms with Gasteiger partial charge in [-0.25, -0.2) is 4.39 Å². The number of carbonyl (C=O) groups is 1. The number of rotatable bonds is 6. The molecule has 0 saturated carbocycles. The Morgan fingerprint density at radius 1 is 1.20 bits per heavy atom. The van der Waals surface area contributed by atoms with Crippen LogP contribution in [0.15, 0.2) is 48.5 Å². The molecule has 1 aliphatic rings. The van der Waals surface area contributed by atoms with Crippen LogP contribution in [0, 0.1) is 5.82 Å². The maximum Gasteiger partial charge on any atom is 0.234 e. The number of benzene rings is 2. The first-order valence-corrected chi connectivity index (χ1v) is 8.18. The topological polar surface area (TPSA) is 50.8 Å². The normalized spacial score (nSPS) is 15.9. The summed E-state index contributed by atoms with van der Waals surface area (Å²) in [7, 11) is 1.86. The van der Waals surface area contributed by atoms with Crippen LogP contribution in [0.2, 0.25) is 0 Å². The van der Waals surface area contributed by atoms with Crippen LogP contribution in [0.5, 0.6) is 11.5 Å². The summed E-state index contributed by atoms with van der Waals surface area (Å²) in [5.41, 5.74) is 0.859. The molecule has 1 atom stereocenters. The van der Waals surface area contributed by atoms with E-state index in [4.69, 9.17) is 9.47 Å². The van der Waals surface area contributed by atoms with Crippen molar-refractivity contribution in [2.75, 3.05) is 26.7 Å². The molecule has 25 heavy (non-hydrogen) atoms. The molecule has 0 bridgehead atoms. The fourth-order valence-corrected chi connectivity index (χ4v) is 2.67. The van der Waals surface area contributed by atoms with E-state index in [0.29, 0.717) is 19.7 Å². The van der Waals surface area contributed by atoms with Crippen molar-refractivity contribution in [3.63, 3.8) is 0 Å². The van der Waals surface area contributed by atoms with E-state index in [1.165, 1.54) is 12.1 Å². The molecule has 0 fully saturated rings. The SMILES string of the molecule is CN(CC(=O)NCc1ccc(F)cc1)C[C@H]1COc2ccccc2O1. The molecule has 132 valence electrons. The Labute approximate surface area is 146 Å². The maximum atomic E-state index is 12.9. The minimum Gasteiger partial charge on any atom is -0.486 e. The van der Waals surface area contributed by atoms with E-state index in [1.54, 1.807) is 12.1 Å². The van der Waals surface area contributed by atoms with Gasteiger partial charge in [-0.15, -0.1) is 0 Å². The van der Waals surface area contributed by atoms with Gasteiger partial charge in [-0.2, -0.15) is 0 Å². The molecule has 2 aromatic rings. The first-order chi connectivity index (χ1) is 12.1. The van der Waals surface area contributed by atoms with E-state index < -0.39 is 0 Å². The number of halogens is 1. The number of carbonyl (C=O) groups excluding carboxylic acids is 1. The number of nitrogens with one attached hydrogen (secondary N) is 1. The van der Waals surface area contributed by atoms with Crippen LogP contribution in [0.25, 0.3) is 0 Å². The first-order valence-electron chi connectivity index (χ1n) is 8.18. The summed E-state index contributed by atoms with van der Waals surface area (Å²) in [5.74, 6) is 1.10. The zero-order chi connectivity index (χ0) is 17.6. The molecule has 1 amide bonds. The molecular formula is C19H21FN2O3. The van der Waals surface area contributed by atoms with Crippen molar-refractivity contribution in [3.8, 4) is 11.5 Å². The van der Waals surface area contributed by atoms with Crippen LogP contribution in [0.1, 0.15) is 5.56 Å². The molecule has 6 heteroatoms. The molecule has 1 heterocycles. The van der Waals surface area contributed by atoms with Crippen LogP contribution >= 0.6 is 0 Å². The largest absolute Gasteiger partial charge is 0.486 e. The van der Waals surface area contributed by atoms with Crippen LogP contribution < -0.4 is 14.8 Å². The quantitative estimate of drug-likeness (QED) is 0.873. The number of likely N-dealkylation sites (N-methyl/N-ethyl adjacent to an activating group) is 1. The Morgan fingerprint density at radius 2 is 1.92 bits per heavy atom. The zero-order valence-corrected chi connectivity index (χ0v) is 14.1. The average Bonchev–Trinajstić information content (AvgIpc) is 2.61. The molecule has 0 saturated heterocycles. The Morgan fingerprint density at radius 3 is 2.68 bits per heavy atom. The molecule has 0 spiro atoms. The second-order valence-electron chi connectivity index (χ2n) is 6.10. The van der Waals surface area contributed by atoms with Crippen LogP contribution in [-0.2, 0) is 11.3 Å². The monoisotopic (exact) mass is 344 g/mol. The van der Waals surface area contributed by atoms with Gasteiger partial charge in [-0.05, 0) is 36.9 Å². The Bertz CT molecular complexity index is 721. The summed E-state index contributed by atoms with van der Waals surface area (Å²) in [6, 6.07) is 13.6. The van der Waals surface area contributed by atoms with Crippen LogP contribution in [0.3, 0.4) is 0 Å². The van der Waals surface area contributed by atoms with E-state index in [9.17, 15) is 9.18 Å². The van der Waals surface area contributed by atoms with Crippen molar-refractivity contribution in [2.24, 2.45) is 0 Å². The van der Waals surface area contributed by atoms with Gasteiger partial charge in [-0.3, -0.25) is 9.69 Å². The highest BCUT2D eigenvalue weighted by Gasteiger charge is 2.22. The van der Waals surface area contributed by atoms with Gasteiger partial charge >= 0.3 is 0 Å². The van der Waals surface area contributed by atoms with Crippen molar-refractivity contribution in [3.05, 3.63) is 59.9 Å². The lowest BCUT2D eigenvalue weighted by molar-refractivity contribution is -0.122. The average molecular weight is 344 g/mol. The number of amides is 1. The molecule has 3 rings (SSSR count). The second-order valence-corrected chi connectivity index (χ2v) is 6.10. The third-order valence-electron chi connectivity index (χ3n) is 3.90. The van der Waals surface area contributed by atoms with Crippen molar-refractivity contribution in [1.29, 1.82) is 0 Å². The zero-order valence-electron chi connectivity index (χ0n) is 14.1. The number of ether oxygens (including phenoxy) is 2. The highest BCUT2D eigenvalue weighted by atomic mass is 19.1. The number of hydrogen-bond donors (Lipinski definition) is 1. The predicted octanol–water partition coefficient (Wildman–Crippen LogP) is 2.21. The summed E-state index contributed by atoms with van der Waals surface area (Å²) >= 11 is 0. The Balaban J connectivity index is 1.42. The number of para-hydroxylation sites is 2. The van der Waals surface area contributed by atoms with E-state index >= 15 is 0 Å². The summed E-state index contributed by atoms with van der Waals surface area (Å²) < 4.78 is 24.4. The van der Waals surface area contributed by atoms with Gasteiger partial charge in [0.15, 0.2) is 11.5 Å². The fraction of sp³-hybridized carbons (Fsp3) is 0.316. The lowest BCUT2D eigenvalue weighted by atomic mass is 10.2. The smallest absolute Gasteiger partial charge is 0.234 e. The molecular weight excluding hydrogens is 323 g/mol. The van der Waals surface area contributed by atoms with Gasteiger partial charge in [0.1, 0.15) is 18.5 Å². The van der Waals surface area contributed by atoms with Gasteiger partial charge in [0.05, 0.1) is 6.54 Å². The molecule has 1 aliphatic heterocycles. The molecule has 0 aromatic heterocycles. The third-order valence-corrected chi connectivity index (χ3v) is 3.90. The molecule has 5 nitrogen and oxygen atoms in total. The van der Waals surface area contributed by atoms with Crippen molar-refractivity contribution < 1.29 is 18.7 Å². The number of nitrogens with zero attached hydrogens (tertiary/aromatic N) is 1. The van der Waals surface area contributed by atoms with Gasteiger partial charge < -0.3 is 14.8 Å². The minimum atomic E-state index is -0.286. The van der Waals surface area contributed by atoms with Gasteiger partial charge in [-0.1, -0.05) is 24.3 Å². The standard InChI is InChI=1S/C19H21FN2O3/c1-22(11-16-13-24-17-4-2-3-5-18(17)25-16)12-19(23)21-10-14-6-8-15(20)9-7-14/h2-9,16H,10-13H2,1H3,(H,21,23)/t16-/m0/s1. The third kappa shape index (κ3) is 4.93. The van der Waals surface area contributed by atoms with E-state index in [1.807, 2.05) is 36.2 Å². The molecule has 0 aliphatic carbocycles.